The van der Waals surface area contributed by atoms with Gasteiger partial charge >= 0.3 is 0 Å². The molecule has 0 aromatic carbocycles. The molecule has 72 valence electrons. The third kappa shape index (κ3) is 1.14. The van der Waals surface area contributed by atoms with Gasteiger partial charge in [-0.15, -0.1) is 0 Å². The molecule has 1 nitrogen and oxygen atoms in total. The number of quaternary nitrogens is 1. The Kier molecular flexibility index (Phi) is 1.68. The first-order valence-corrected chi connectivity index (χ1v) is 6.34. The first-order valence-electron chi connectivity index (χ1n) is 5.26. The maximum Gasteiger partial charge on any atom is 0.0822 e. The van der Waals surface area contributed by atoms with Crippen molar-refractivity contribution in [3.8, 4) is 0 Å². The number of hydrogen-bond acceptors (Lipinski definition) is 0. The van der Waals surface area contributed by atoms with Gasteiger partial charge in [0.25, 0.3) is 0 Å². The van der Waals surface area contributed by atoms with Crippen molar-refractivity contribution in [2.45, 2.75) is 6.42 Å². The molecule has 0 amide bonds. The van der Waals surface area contributed by atoms with E-state index in [-0.39, 0.29) is 0 Å². The van der Waals surface area contributed by atoms with Crippen LogP contribution >= 0.6 is 22.6 Å². The number of halogens is 1. The van der Waals surface area contributed by atoms with E-state index in [1.54, 1.807) is 3.58 Å². The van der Waals surface area contributed by atoms with Crippen LogP contribution in [0, 0.1) is 23.7 Å². The van der Waals surface area contributed by atoms with Gasteiger partial charge in [0, 0.05) is 11.8 Å². The van der Waals surface area contributed by atoms with Crippen LogP contribution in [0.2, 0.25) is 0 Å². The summed E-state index contributed by atoms with van der Waals surface area (Å²) in [5, 5.41) is 0. The second-order valence-corrected chi connectivity index (χ2v) is 6.93. The van der Waals surface area contributed by atoms with Gasteiger partial charge in [-0.3, -0.25) is 0 Å². The van der Waals surface area contributed by atoms with Gasteiger partial charge in [0.05, 0.1) is 27.2 Å². The molecule has 1 saturated carbocycles. The Hall–Kier alpha value is 0.430. The van der Waals surface area contributed by atoms with Crippen LogP contribution in [-0.4, -0.2) is 31.7 Å². The fourth-order valence-electron chi connectivity index (χ4n) is 3.84. The van der Waals surface area contributed by atoms with Gasteiger partial charge in [-0.05, 0) is 44.4 Å². The van der Waals surface area contributed by atoms with Crippen LogP contribution in [0.3, 0.4) is 0 Å². The van der Waals surface area contributed by atoms with Crippen molar-refractivity contribution in [1.82, 2.24) is 0 Å². The Balaban J connectivity index is 1.92. The Bertz CT molecular complexity index is 282. The number of likely N-dealkylation sites (tertiary alicyclic amines) is 1. The number of hydrogen-bond donors (Lipinski definition) is 0. The molecule has 2 heteroatoms. The maximum atomic E-state index is 2.57. The molecule has 0 spiro atoms. The molecule has 3 rings (SSSR count). The smallest absolute Gasteiger partial charge is 0.0822 e. The minimum atomic E-state index is 0.946. The van der Waals surface area contributed by atoms with E-state index in [2.05, 4.69) is 42.8 Å². The van der Waals surface area contributed by atoms with Crippen LogP contribution < -0.4 is 0 Å². The number of fused-ring (bicyclic) bond motifs is 5. The molecule has 0 radical (unpaired) electrons. The van der Waals surface area contributed by atoms with Crippen molar-refractivity contribution in [3.63, 3.8) is 0 Å². The van der Waals surface area contributed by atoms with Crippen molar-refractivity contribution >= 4 is 22.6 Å². The summed E-state index contributed by atoms with van der Waals surface area (Å²) in [6, 6.07) is 0. The molecule has 0 aromatic rings. The highest BCUT2D eigenvalue weighted by Crippen LogP contribution is 2.56. The fourth-order valence-corrected chi connectivity index (χ4v) is 5.02. The molecule has 1 heterocycles. The first kappa shape index (κ1) is 8.72. The lowest BCUT2D eigenvalue weighted by Gasteiger charge is -2.25. The summed E-state index contributed by atoms with van der Waals surface area (Å²) in [5.41, 5.74) is 0. The first-order chi connectivity index (χ1) is 6.07. The molecule has 3 aliphatic rings. The number of nitrogens with zero attached hydrogens (tertiary/aromatic N) is 1. The zero-order valence-corrected chi connectivity index (χ0v) is 10.5. The Morgan fingerprint density at radius 3 is 2.77 bits per heavy atom. The van der Waals surface area contributed by atoms with Gasteiger partial charge in [-0.2, -0.15) is 0 Å². The molecule has 4 unspecified atom stereocenters. The molecule has 13 heavy (non-hydrogen) atoms. The summed E-state index contributed by atoms with van der Waals surface area (Å²) in [7, 11) is 4.79. The van der Waals surface area contributed by atoms with Gasteiger partial charge in [-0.25, -0.2) is 0 Å². The normalized spacial score (nSPS) is 50.8. The van der Waals surface area contributed by atoms with Crippen molar-refractivity contribution < 1.29 is 4.48 Å². The van der Waals surface area contributed by atoms with Crippen LogP contribution in [-0.2, 0) is 0 Å². The third-order valence-corrected chi connectivity index (χ3v) is 5.44. The van der Waals surface area contributed by atoms with Crippen LogP contribution in [0.15, 0.2) is 9.66 Å². The average Bonchev–Trinajstić information content (AvgIpc) is 2.56. The fraction of sp³-hybridized carbons (Fsp3) is 0.818. The number of rotatable bonds is 0. The summed E-state index contributed by atoms with van der Waals surface area (Å²) in [4.78, 5) is 0. The van der Waals surface area contributed by atoms with Crippen molar-refractivity contribution in [2.75, 3.05) is 27.2 Å². The molecule has 1 aliphatic heterocycles. The molecule has 0 aromatic heterocycles. The highest BCUT2D eigenvalue weighted by atomic mass is 127. The summed E-state index contributed by atoms with van der Waals surface area (Å²) in [5.74, 6) is 3.95. The molecule has 1 saturated heterocycles. The minimum Gasteiger partial charge on any atom is -0.328 e. The lowest BCUT2D eigenvalue weighted by Crippen LogP contribution is -2.38. The van der Waals surface area contributed by atoms with Crippen LogP contribution in [0.5, 0.6) is 0 Å². The zero-order chi connectivity index (χ0) is 9.22. The van der Waals surface area contributed by atoms with Crippen molar-refractivity contribution in [1.29, 1.82) is 0 Å². The molecular formula is C11H17IN+. The van der Waals surface area contributed by atoms with E-state index in [9.17, 15) is 0 Å². The average molecular weight is 290 g/mol. The monoisotopic (exact) mass is 290 g/mol. The van der Waals surface area contributed by atoms with E-state index in [1.807, 2.05) is 0 Å². The van der Waals surface area contributed by atoms with E-state index >= 15 is 0 Å². The van der Waals surface area contributed by atoms with E-state index < -0.39 is 0 Å². The Morgan fingerprint density at radius 1 is 1.31 bits per heavy atom. The molecule has 0 N–H and O–H groups in total. The van der Waals surface area contributed by atoms with E-state index in [1.165, 1.54) is 24.0 Å². The van der Waals surface area contributed by atoms with E-state index in [0.717, 1.165) is 23.7 Å². The summed E-state index contributed by atoms with van der Waals surface area (Å²) >= 11 is 2.57. The molecule has 4 atom stereocenters. The SMILES string of the molecule is C[N+]1(C)CC2C3C=C(I)C(C3)C2C1. The van der Waals surface area contributed by atoms with Crippen LogP contribution in [0.4, 0.5) is 0 Å². The van der Waals surface area contributed by atoms with Crippen molar-refractivity contribution in [3.05, 3.63) is 9.66 Å². The quantitative estimate of drug-likeness (QED) is 0.474. The molecule has 2 aliphatic carbocycles. The Morgan fingerprint density at radius 2 is 2.00 bits per heavy atom. The molecular weight excluding hydrogens is 273 g/mol. The second kappa shape index (κ2) is 2.51. The van der Waals surface area contributed by atoms with Gasteiger partial charge in [-0.1, -0.05) is 6.08 Å². The largest absolute Gasteiger partial charge is 0.328 e. The maximum absolute atomic E-state index is 2.57. The summed E-state index contributed by atoms with van der Waals surface area (Å²) in [6.07, 6.45) is 4.03. The molecule has 2 fully saturated rings. The summed E-state index contributed by atoms with van der Waals surface area (Å²) < 4.78 is 2.94. The zero-order valence-electron chi connectivity index (χ0n) is 8.33. The second-order valence-electron chi connectivity index (χ2n) is 5.69. The van der Waals surface area contributed by atoms with Crippen molar-refractivity contribution in [2.24, 2.45) is 23.7 Å². The van der Waals surface area contributed by atoms with Gasteiger partial charge in [0.1, 0.15) is 0 Å². The predicted octanol–water partition coefficient (Wildman–Crippen LogP) is 2.28. The van der Waals surface area contributed by atoms with Gasteiger partial charge in [0.2, 0.25) is 0 Å². The lowest BCUT2D eigenvalue weighted by molar-refractivity contribution is -0.881. The van der Waals surface area contributed by atoms with Gasteiger partial charge in [0.15, 0.2) is 0 Å². The number of allylic oxidation sites excluding steroid dienone is 2. The third-order valence-electron chi connectivity index (χ3n) is 4.28. The van der Waals surface area contributed by atoms with Gasteiger partial charge < -0.3 is 4.48 Å². The predicted molar refractivity (Wildman–Crippen MR) is 62.5 cm³/mol. The Labute approximate surface area is 93.9 Å². The minimum absolute atomic E-state index is 0.946. The lowest BCUT2D eigenvalue weighted by atomic mass is 9.86. The van der Waals surface area contributed by atoms with E-state index in [4.69, 9.17) is 0 Å². The standard InChI is InChI=1S/C11H17IN/c1-13(2)5-9-7-3-8(10(9)6-13)11(12)4-7/h4,7-10H,3,5-6H2,1-2H3/q+1. The van der Waals surface area contributed by atoms with Crippen LogP contribution in [0.25, 0.3) is 0 Å². The highest BCUT2D eigenvalue weighted by molar-refractivity contribution is 14.1. The molecule has 2 bridgehead atoms. The highest BCUT2D eigenvalue weighted by Gasteiger charge is 2.55. The summed E-state index contributed by atoms with van der Waals surface area (Å²) in [6.45, 7) is 2.85. The van der Waals surface area contributed by atoms with E-state index in [0.29, 0.717) is 0 Å². The van der Waals surface area contributed by atoms with Crippen LogP contribution in [0.1, 0.15) is 6.42 Å². The topological polar surface area (TPSA) is 0 Å².